The molecule has 1 aromatic carbocycles. The number of imidazole rings is 1. The highest BCUT2D eigenvalue weighted by molar-refractivity contribution is 7.89. The van der Waals surface area contributed by atoms with E-state index in [1.165, 1.54) is 11.3 Å². The van der Waals surface area contributed by atoms with Gasteiger partial charge >= 0.3 is 0 Å². The van der Waals surface area contributed by atoms with Crippen LogP contribution in [0.2, 0.25) is 0 Å². The Labute approximate surface area is 121 Å². The molecule has 104 valence electrons. The first-order chi connectivity index (χ1) is 9.56. The van der Waals surface area contributed by atoms with E-state index in [4.69, 9.17) is 0 Å². The highest BCUT2D eigenvalue weighted by Gasteiger charge is 2.14. The standard InChI is InChI=1S/C13H13N3O2S2/c1-10-2-4-12(5-3-10)20(17,18)15-8-11-9-19-13-14-6-7-16(11)13/h2-7,9,15H,8H2,1H3. The van der Waals surface area contributed by atoms with Crippen LogP contribution in [0.15, 0.2) is 46.9 Å². The van der Waals surface area contributed by atoms with Crippen molar-refractivity contribution in [3.05, 3.63) is 53.3 Å². The minimum atomic E-state index is -3.48. The maximum atomic E-state index is 12.2. The molecule has 0 saturated heterocycles. The van der Waals surface area contributed by atoms with Crippen molar-refractivity contribution in [2.75, 3.05) is 0 Å². The zero-order chi connectivity index (χ0) is 14.2. The molecule has 3 aromatic rings. The lowest BCUT2D eigenvalue weighted by atomic mass is 10.2. The largest absolute Gasteiger partial charge is 0.293 e. The summed E-state index contributed by atoms with van der Waals surface area (Å²) in [5.41, 5.74) is 1.90. The van der Waals surface area contributed by atoms with E-state index in [-0.39, 0.29) is 11.4 Å². The van der Waals surface area contributed by atoms with E-state index in [2.05, 4.69) is 9.71 Å². The van der Waals surface area contributed by atoms with Crippen molar-refractivity contribution in [3.63, 3.8) is 0 Å². The summed E-state index contributed by atoms with van der Waals surface area (Å²) >= 11 is 1.49. The quantitative estimate of drug-likeness (QED) is 0.803. The number of thiazole rings is 1. The van der Waals surface area contributed by atoms with Crippen LogP contribution in [0.3, 0.4) is 0 Å². The van der Waals surface area contributed by atoms with Gasteiger partial charge in [-0.05, 0) is 19.1 Å². The SMILES string of the molecule is Cc1ccc(S(=O)(=O)NCc2csc3nccn23)cc1. The van der Waals surface area contributed by atoms with Crippen LogP contribution >= 0.6 is 11.3 Å². The number of nitrogens with one attached hydrogen (secondary N) is 1. The van der Waals surface area contributed by atoms with Crippen molar-refractivity contribution in [3.8, 4) is 0 Å². The fraction of sp³-hybridized carbons (Fsp3) is 0.154. The third kappa shape index (κ3) is 2.47. The van der Waals surface area contributed by atoms with E-state index in [1.54, 1.807) is 30.5 Å². The van der Waals surface area contributed by atoms with Crippen LogP contribution in [0.4, 0.5) is 0 Å². The molecule has 7 heteroatoms. The molecule has 20 heavy (non-hydrogen) atoms. The van der Waals surface area contributed by atoms with Gasteiger partial charge < -0.3 is 0 Å². The third-order valence-corrected chi connectivity index (χ3v) is 5.31. The maximum absolute atomic E-state index is 12.2. The van der Waals surface area contributed by atoms with Gasteiger partial charge in [0.2, 0.25) is 10.0 Å². The van der Waals surface area contributed by atoms with Crippen molar-refractivity contribution in [2.24, 2.45) is 0 Å². The fourth-order valence-corrected chi connectivity index (χ4v) is 3.72. The smallest absolute Gasteiger partial charge is 0.240 e. The molecule has 3 rings (SSSR count). The number of nitrogens with zero attached hydrogens (tertiary/aromatic N) is 2. The molecule has 0 aliphatic rings. The molecule has 0 spiro atoms. The average molecular weight is 307 g/mol. The number of sulfonamides is 1. The van der Waals surface area contributed by atoms with Gasteiger partial charge in [-0.15, -0.1) is 11.3 Å². The Morgan fingerprint density at radius 2 is 2.05 bits per heavy atom. The molecule has 2 heterocycles. The first-order valence-corrected chi connectivity index (χ1v) is 8.38. The number of fused-ring (bicyclic) bond motifs is 1. The molecule has 0 unspecified atom stereocenters. The van der Waals surface area contributed by atoms with E-state index in [0.29, 0.717) is 0 Å². The number of hydrogen-bond donors (Lipinski definition) is 1. The van der Waals surface area contributed by atoms with E-state index < -0.39 is 10.0 Å². The lowest BCUT2D eigenvalue weighted by Gasteiger charge is -2.06. The third-order valence-electron chi connectivity index (χ3n) is 2.99. The number of aromatic nitrogens is 2. The van der Waals surface area contributed by atoms with Crippen LogP contribution in [-0.4, -0.2) is 17.8 Å². The van der Waals surface area contributed by atoms with Crippen LogP contribution in [0.25, 0.3) is 4.96 Å². The summed E-state index contributed by atoms with van der Waals surface area (Å²) in [7, 11) is -3.48. The van der Waals surface area contributed by atoms with Crippen molar-refractivity contribution in [2.45, 2.75) is 18.4 Å². The van der Waals surface area contributed by atoms with Gasteiger partial charge in [0.15, 0.2) is 4.96 Å². The molecule has 0 bridgehead atoms. The summed E-state index contributed by atoms with van der Waals surface area (Å²) < 4.78 is 28.8. The van der Waals surface area contributed by atoms with Crippen LogP contribution in [0, 0.1) is 6.92 Å². The van der Waals surface area contributed by atoms with Gasteiger partial charge in [-0.25, -0.2) is 18.1 Å². The number of benzene rings is 1. The Balaban J connectivity index is 1.80. The summed E-state index contributed by atoms with van der Waals surface area (Å²) in [6.45, 7) is 2.16. The fourth-order valence-electron chi connectivity index (χ4n) is 1.87. The van der Waals surface area contributed by atoms with Gasteiger partial charge in [-0.1, -0.05) is 17.7 Å². The monoisotopic (exact) mass is 307 g/mol. The first kappa shape index (κ1) is 13.3. The van der Waals surface area contributed by atoms with Gasteiger partial charge in [0.05, 0.1) is 11.4 Å². The summed E-state index contributed by atoms with van der Waals surface area (Å²) in [4.78, 5) is 5.29. The van der Waals surface area contributed by atoms with Crippen molar-refractivity contribution in [1.82, 2.24) is 14.1 Å². The Morgan fingerprint density at radius 1 is 1.30 bits per heavy atom. The molecule has 2 aromatic heterocycles. The highest BCUT2D eigenvalue weighted by atomic mass is 32.2. The molecule has 0 aliphatic carbocycles. The van der Waals surface area contributed by atoms with Gasteiger partial charge in [-0.2, -0.15) is 0 Å². The summed E-state index contributed by atoms with van der Waals surface area (Å²) in [5.74, 6) is 0. The van der Waals surface area contributed by atoms with Crippen molar-refractivity contribution >= 4 is 26.3 Å². The molecular formula is C13H13N3O2S2. The number of rotatable bonds is 4. The Hall–Kier alpha value is -1.70. The van der Waals surface area contributed by atoms with E-state index in [0.717, 1.165) is 16.2 Å². The predicted octanol–water partition coefficient (Wildman–Crippen LogP) is 2.18. The van der Waals surface area contributed by atoms with Gasteiger partial charge in [0.25, 0.3) is 0 Å². The van der Waals surface area contributed by atoms with Crippen LogP contribution in [-0.2, 0) is 16.6 Å². The zero-order valence-corrected chi connectivity index (χ0v) is 12.4. The molecule has 0 saturated carbocycles. The zero-order valence-electron chi connectivity index (χ0n) is 10.8. The lowest BCUT2D eigenvalue weighted by Crippen LogP contribution is -2.23. The molecule has 0 aliphatic heterocycles. The molecular weight excluding hydrogens is 294 g/mol. The Kier molecular flexibility index (Phi) is 3.33. The molecule has 0 atom stereocenters. The Bertz CT molecular complexity index is 832. The minimum absolute atomic E-state index is 0.243. The van der Waals surface area contributed by atoms with E-state index in [1.807, 2.05) is 22.9 Å². The number of hydrogen-bond acceptors (Lipinski definition) is 4. The maximum Gasteiger partial charge on any atom is 0.240 e. The minimum Gasteiger partial charge on any atom is -0.293 e. The predicted molar refractivity (Wildman–Crippen MR) is 78.3 cm³/mol. The second-order valence-corrected chi connectivity index (χ2v) is 7.05. The van der Waals surface area contributed by atoms with E-state index in [9.17, 15) is 8.42 Å². The summed E-state index contributed by atoms with van der Waals surface area (Å²) in [5, 5.41) is 1.90. The Morgan fingerprint density at radius 3 is 2.80 bits per heavy atom. The molecule has 0 radical (unpaired) electrons. The normalized spacial score (nSPS) is 12.1. The van der Waals surface area contributed by atoms with E-state index >= 15 is 0 Å². The second kappa shape index (κ2) is 5.01. The van der Waals surface area contributed by atoms with Crippen molar-refractivity contribution < 1.29 is 8.42 Å². The van der Waals surface area contributed by atoms with Crippen molar-refractivity contribution in [1.29, 1.82) is 0 Å². The topological polar surface area (TPSA) is 63.5 Å². The van der Waals surface area contributed by atoms with Gasteiger partial charge in [0, 0.05) is 23.5 Å². The van der Waals surface area contributed by atoms with Crippen LogP contribution in [0.1, 0.15) is 11.3 Å². The van der Waals surface area contributed by atoms with Gasteiger partial charge in [-0.3, -0.25) is 4.40 Å². The molecule has 0 fully saturated rings. The van der Waals surface area contributed by atoms with Crippen LogP contribution in [0.5, 0.6) is 0 Å². The van der Waals surface area contributed by atoms with Crippen LogP contribution < -0.4 is 4.72 Å². The second-order valence-electron chi connectivity index (χ2n) is 4.44. The molecule has 5 nitrogen and oxygen atoms in total. The summed E-state index contributed by atoms with van der Waals surface area (Å²) in [6.07, 6.45) is 3.52. The highest BCUT2D eigenvalue weighted by Crippen LogP contribution is 2.15. The molecule has 1 N–H and O–H groups in total. The summed E-state index contributed by atoms with van der Waals surface area (Å²) in [6, 6.07) is 6.79. The average Bonchev–Trinajstić information content (AvgIpc) is 3.00. The number of aryl methyl sites for hydroxylation is 1. The first-order valence-electron chi connectivity index (χ1n) is 6.02. The van der Waals surface area contributed by atoms with Gasteiger partial charge in [0.1, 0.15) is 0 Å². The molecule has 0 amide bonds. The lowest BCUT2D eigenvalue weighted by molar-refractivity contribution is 0.580.